The van der Waals surface area contributed by atoms with Crippen LogP contribution in [0.15, 0.2) is 17.2 Å². The van der Waals surface area contributed by atoms with Gasteiger partial charge < -0.3 is 10.1 Å². The summed E-state index contributed by atoms with van der Waals surface area (Å²) in [5, 5.41) is 8.91. The van der Waals surface area contributed by atoms with Gasteiger partial charge >= 0.3 is 0 Å². The van der Waals surface area contributed by atoms with Crippen molar-refractivity contribution in [1.82, 2.24) is 9.29 Å². The van der Waals surface area contributed by atoms with Crippen molar-refractivity contribution in [2.45, 2.75) is 44.2 Å². The van der Waals surface area contributed by atoms with Crippen molar-refractivity contribution in [3.05, 3.63) is 18.0 Å². The first-order valence-electron chi connectivity index (χ1n) is 5.69. The number of hydrogen-bond acceptors (Lipinski definition) is 3. The number of sulfonamides is 1. The van der Waals surface area contributed by atoms with E-state index in [9.17, 15) is 8.42 Å². The summed E-state index contributed by atoms with van der Waals surface area (Å²) in [6.07, 6.45) is 3.18. The summed E-state index contributed by atoms with van der Waals surface area (Å²) in [4.78, 5) is 2.93. The molecule has 0 radical (unpaired) electrons. The number of aliphatic hydroxyl groups is 1. The number of nitrogens with one attached hydrogen (secondary N) is 1. The molecule has 5 nitrogen and oxygen atoms in total. The topological polar surface area (TPSA) is 73.4 Å². The normalized spacial score (nSPS) is 14.2. The Morgan fingerprint density at radius 2 is 2.18 bits per heavy atom. The second-order valence-electron chi connectivity index (χ2n) is 4.18. The summed E-state index contributed by atoms with van der Waals surface area (Å²) >= 11 is 0. The van der Waals surface area contributed by atoms with Crippen LogP contribution < -0.4 is 0 Å². The van der Waals surface area contributed by atoms with Crippen molar-refractivity contribution in [3.63, 3.8) is 0 Å². The van der Waals surface area contributed by atoms with Gasteiger partial charge in [-0.1, -0.05) is 13.3 Å². The SMILES string of the molecule is CCCC(C)N(C)S(=O)(=O)c1c[nH]c(CO)c1. The van der Waals surface area contributed by atoms with E-state index >= 15 is 0 Å². The zero-order valence-electron chi connectivity index (χ0n) is 10.5. The fourth-order valence-electron chi connectivity index (χ4n) is 1.66. The number of hydrogen-bond donors (Lipinski definition) is 2. The average molecular weight is 260 g/mol. The zero-order valence-corrected chi connectivity index (χ0v) is 11.3. The molecule has 0 fully saturated rings. The maximum atomic E-state index is 12.2. The van der Waals surface area contributed by atoms with E-state index in [0.29, 0.717) is 5.69 Å². The molecule has 0 bridgehead atoms. The molecule has 17 heavy (non-hydrogen) atoms. The largest absolute Gasteiger partial charge is 0.390 e. The van der Waals surface area contributed by atoms with Gasteiger partial charge in [0.1, 0.15) is 0 Å². The highest BCUT2D eigenvalue weighted by atomic mass is 32.2. The molecule has 1 heterocycles. The third kappa shape index (κ3) is 3.08. The second kappa shape index (κ2) is 5.66. The van der Waals surface area contributed by atoms with Gasteiger partial charge in [0.15, 0.2) is 0 Å². The second-order valence-corrected chi connectivity index (χ2v) is 6.18. The Balaban J connectivity index is 2.94. The first kappa shape index (κ1) is 14.2. The highest BCUT2D eigenvalue weighted by Crippen LogP contribution is 2.19. The quantitative estimate of drug-likeness (QED) is 0.810. The van der Waals surface area contributed by atoms with E-state index in [1.54, 1.807) is 7.05 Å². The lowest BCUT2D eigenvalue weighted by Crippen LogP contribution is -2.34. The average Bonchev–Trinajstić information content (AvgIpc) is 2.77. The lowest BCUT2D eigenvalue weighted by Gasteiger charge is -2.23. The van der Waals surface area contributed by atoms with E-state index in [1.807, 2.05) is 13.8 Å². The molecule has 6 heteroatoms. The van der Waals surface area contributed by atoms with E-state index in [4.69, 9.17) is 5.11 Å². The number of H-pyrrole nitrogens is 1. The van der Waals surface area contributed by atoms with Crippen LogP contribution in [0.25, 0.3) is 0 Å². The molecule has 2 N–H and O–H groups in total. The fourth-order valence-corrected chi connectivity index (χ4v) is 3.07. The highest BCUT2D eigenvalue weighted by molar-refractivity contribution is 7.89. The standard InChI is InChI=1S/C11H20N2O3S/c1-4-5-9(2)13(3)17(15,16)11-6-10(8-14)12-7-11/h6-7,9,12,14H,4-5,8H2,1-3H3. The van der Waals surface area contributed by atoms with Crippen LogP contribution in [0, 0.1) is 0 Å². The molecule has 0 aliphatic carbocycles. The van der Waals surface area contributed by atoms with Gasteiger partial charge in [0.25, 0.3) is 0 Å². The first-order valence-corrected chi connectivity index (χ1v) is 7.13. The van der Waals surface area contributed by atoms with Crippen LogP contribution in [0.1, 0.15) is 32.4 Å². The summed E-state index contributed by atoms with van der Waals surface area (Å²) in [6.45, 7) is 3.72. The Bertz CT molecular complexity index is 453. The first-order chi connectivity index (χ1) is 7.93. The van der Waals surface area contributed by atoms with Gasteiger partial charge in [0.2, 0.25) is 10.0 Å². The molecule has 1 unspecified atom stereocenters. The Labute approximate surface area is 103 Å². The maximum absolute atomic E-state index is 12.2. The van der Waals surface area contributed by atoms with E-state index in [2.05, 4.69) is 4.98 Å². The van der Waals surface area contributed by atoms with Gasteiger partial charge in [-0.25, -0.2) is 8.42 Å². The number of aromatic nitrogens is 1. The van der Waals surface area contributed by atoms with E-state index in [-0.39, 0.29) is 17.5 Å². The predicted molar refractivity (Wildman–Crippen MR) is 66.0 cm³/mol. The smallest absolute Gasteiger partial charge is 0.244 e. The predicted octanol–water partition coefficient (Wildman–Crippen LogP) is 1.32. The molecule has 0 spiro atoms. The van der Waals surface area contributed by atoms with E-state index in [0.717, 1.165) is 12.8 Å². The van der Waals surface area contributed by atoms with Crippen LogP contribution in [0.2, 0.25) is 0 Å². The molecule has 0 aliphatic rings. The third-order valence-corrected chi connectivity index (χ3v) is 4.84. The summed E-state index contributed by atoms with van der Waals surface area (Å²) in [7, 11) is -1.87. The minimum Gasteiger partial charge on any atom is -0.390 e. The summed E-state index contributed by atoms with van der Waals surface area (Å²) in [5.74, 6) is 0. The van der Waals surface area contributed by atoms with Gasteiger partial charge in [0.05, 0.1) is 11.5 Å². The van der Waals surface area contributed by atoms with Crippen molar-refractivity contribution in [2.75, 3.05) is 7.05 Å². The molecule has 1 aromatic heterocycles. The van der Waals surface area contributed by atoms with E-state index < -0.39 is 10.0 Å². The van der Waals surface area contributed by atoms with Crippen LogP contribution >= 0.6 is 0 Å². The molecule has 1 aromatic rings. The van der Waals surface area contributed by atoms with Gasteiger partial charge in [0, 0.05) is 25.0 Å². The summed E-state index contributed by atoms with van der Waals surface area (Å²) in [6, 6.07) is 1.43. The molecule has 0 saturated heterocycles. The van der Waals surface area contributed by atoms with Crippen molar-refractivity contribution in [3.8, 4) is 0 Å². The van der Waals surface area contributed by atoms with E-state index in [1.165, 1.54) is 16.6 Å². The lowest BCUT2D eigenvalue weighted by atomic mass is 10.2. The molecule has 0 saturated carbocycles. The molecular weight excluding hydrogens is 240 g/mol. The Hall–Kier alpha value is -0.850. The molecule has 0 aliphatic heterocycles. The minimum atomic E-state index is -3.46. The van der Waals surface area contributed by atoms with Gasteiger partial charge in [-0.2, -0.15) is 4.31 Å². The molecule has 1 rings (SSSR count). The van der Waals surface area contributed by atoms with Crippen molar-refractivity contribution in [1.29, 1.82) is 0 Å². The zero-order chi connectivity index (χ0) is 13.1. The number of rotatable bonds is 6. The van der Waals surface area contributed by atoms with Crippen LogP contribution in [0.4, 0.5) is 0 Å². The monoisotopic (exact) mass is 260 g/mol. The number of aromatic amines is 1. The van der Waals surface area contributed by atoms with Crippen molar-refractivity contribution >= 4 is 10.0 Å². The Kier molecular flexibility index (Phi) is 4.73. The Morgan fingerprint density at radius 3 is 2.65 bits per heavy atom. The highest BCUT2D eigenvalue weighted by Gasteiger charge is 2.25. The van der Waals surface area contributed by atoms with Gasteiger partial charge in [-0.05, 0) is 19.4 Å². The van der Waals surface area contributed by atoms with Crippen LogP contribution in [0.5, 0.6) is 0 Å². The van der Waals surface area contributed by atoms with Crippen LogP contribution in [0.3, 0.4) is 0 Å². The molecule has 98 valence electrons. The molecule has 0 amide bonds. The number of aliphatic hydroxyl groups excluding tert-OH is 1. The third-order valence-electron chi connectivity index (χ3n) is 2.89. The lowest BCUT2D eigenvalue weighted by molar-refractivity contribution is 0.277. The van der Waals surface area contributed by atoms with Gasteiger partial charge in [-0.3, -0.25) is 0 Å². The maximum Gasteiger partial charge on any atom is 0.244 e. The fraction of sp³-hybridized carbons (Fsp3) is 0.636. The van der Waals surface area contributed by atoms with Gasteiger partial charge in [-0.15, -0.1) is 0 Å². The summed E-state index contributed by atoms with van der Waals surface area (Å²) in [5.41, 5.74) is 0.500. The minimum absolute atomic E-state index is 0.0301. The molecule has 0 aromatic carbocycles. The van der Waals surface area contributed by atoms with Crippen LogP contribution in [-0.2, 0) is 16.6 Å². The van der Waals surface area contributed by atoms with Crippen LogP contribution in [-0.4, -0.2) is 35.9 Å². The Morgan fingerprint density at radius 1 is 1.53 bits per heavy atom. The summed E-state index contributed by atoms with van der Waals surface area (Å²) < 4.78 is 25.8. The molecule has 1 atom stereocenters. The van der Waals surface area contributed by atoms with Crippen molar-refractivity contribution in [2.24, 2.45) is 0 Å². The molecular formula is C11H20N2O3S. The number of nitrogens with zero attached hydrogens (tertiary/aromatic N) is 1. The van der Waals surface area contributed by atoms with Crippen molar-refractivity contribution < 1.29 is 13.5 Å².